The van der Waals surface area contributed by atoms with Crippen molar-refractivity contribution in [3.8, 4) is 0 Å². The van der Waals surface area contributed by atoms with Crippen LogP contribution >= 0.6 is 0 Å². The van der Waals surface area contributed by atoms with Crippen LogP contribution in [0, 0.1) is 12.8 Å². The van der Waals surface area contributed by atoms with Gasteiger partial charge in [-0.2, -0.15) is 0 Å². The minimum atomic E-state index is -0.176. The van der Waals surface area contributed by atoms with Gasteiger partial charge in [0.25, 0.3) is 5.91 Å². The molecule has 26 heavy (non-hydrogen) atoms. The Labute approximate surface area is 155 Å². The van der Waals surface area contributed by atoms with Crippen molar-refractivity contribution in [2.24, 2.45) is 5.92 Å². The number of likely N-dealkylation sites (tertiary alicyclic amines) is 1. The van der Waals surface area contributed by atoms with Crippen LogP contribution in [0.2, 0.25) is 0 Å². The first-order valence-electron chi connectivity index (χ1n) is 9.35. The summed E-state index contributed by atoms with van der Waals surface area (Å²) in [6.45, 7) is 6.29. The Bertz CT molecular complexity index is 645. The van der Waals surface area contributed by atoms with E-state index < -0.39 is 0 Å². The fourth-order valence-electron chi connectivity index (χ4n) is 3.18. The van der Waals surface area contributed by atoms with Gasteiger partial charge in [0.15, 0.2) is 0 Å². The van der Waals surface area contributed by atoms with Crippen molar-refractivity contribution in [3.05, 3.63) is 35.4 Å². The number of piperidine rings is 1. The van der Waals surface area contributed by atoms with Crippen LogP contribution < -0.4 is 10.6 Å². The topological polar surface area (TPSA) is 78.5 Å². The van der Waals surface area contributed by atoms with Crippen molar-refractivity contribution in [1.82, 2.24) is 15.5 Å². The van der Waals surface area contributed by atoms with Crippen LogP contribution in [0.15, 0.2) is 24.3 Å². The zero-order valence-corrected chi connectivity index (χ0v) is 15.7. The molecule has 1 saturated heterocycles. The number of hydrogen-bond acceptors (Lipinski definition) is 3. The molecule has 1 heterocycles. The minimum Gasteiger partial charge on any atom is -0.356 e. The molecule has 0 spiro atoms. The summed E-state index contributed by atoms with van der Waals surface area (Å²) in [5.41, 5.74) is 1.52. The van der Waals surface area contributed by atoms with Crippen molar-refractivity contribution in [2.45, 2.75) is 39.5 Å². The first-order valence-corrected chi connectivity index (χ1v) is 9.35. The van der Waals surface area contributed by atoms with Gasteiger partial charge in [0, 0.05) is 44.6 Å². The molecule has 1 atom stereocenters. The van der Waals surface area contributed by atoms with E-state index in [1.807, 2.05) is 30.0 Å². The molecular formula is C20H29N3O3. The maximum atomic E-state index is 12.1. The Balaban J connectivity index is 1.61. The van der Waals surface area contributed by atoms with Crippen LogP contribution in [0.3, 0.4) is 0 Å². The van der Waals surface area contributed by atoms with Crippen LogP contribution in [-0.4, -0.2) is 48.8 Å². The molecule has 1 aliphatic rings. The molecule has 3 amide bonds. The molecule has 0 aromatic heterocycles. The molecular weight excluding hydrogens is 330 g/mol. The number of benzene rings is 1. The third kappa shape index (κ3) is 6.17. The number of nitrogens with zero attached hydrogens (tertiary/aromatic N) is 1. The summed E-state index contributed by atoms with van der Waals surface area (Å²) in [6, 6.07) is 7.33. The summed E-state index contributed by atoms with van der Waals surface area (Å²) in [7, 11) is 0. The third-order valence-electron chi connectivity index (χ3n) is 4.70. The largest absolute Gasteiger partial charge is 0.356 e. The lowest BCUT2D eigenvalue weighted by atomic mass is 10.00. The third-order valence-corrected chi connectivity index (χ3v) is 4.70. The van der Waals surface area contributed by atoms with Gasteiger partial charge in [-0.1, -0.05) is 25.1 Å². The Morgan fingerprint density at radius 3 is 2.58 bits per heavy atom. The van der Waals surface area contributed by atoms with Gasteiger partial charge in [0.1, 0.15) is 0 Å². The van der Waals surface area contributed by atoms with Crippen molar-refractivity contribution in [3.63, 3.8) is 0 Å². The van der Waals surface area contributed by atoms with E-state index in [4.69, 9.17) is 0 Å². The molecule has 1 aromatic carbocycles. The Kier molecular flexibility index (Phi) is 7.63. The van der Waals surface area contributed by atoms with Gasteiger partial charge in [-0.05, 0) is 37.3 Å². The summed E-state index contributed by atoms with van der Waals surface area (Å²) >= 11 is 0. The summed E-state index contributed by atoms with van der Waals surface area (Å²) in [6.07, 6.45) is 2.76. The van der Waals surface area contributed by atoms with Crippen molar-refractivity contribution >= 4 is 17.7 Å². The average Bonchev–Trinajstić information content (AvgIpc) is 2.62. The summed E-state index contributed by atoms with van der Waals surface area (Å²) < 4.78 is 0. The lowest BCUT2D eigenvalue weighted by Crippen LogP contribution is -2.40. The summed E-state index contributed by atoms with van der Waals surface area (Å²) in [4.78, 5) is 37.9. The number of amides is 3. The van der Waals surface area contributed by atoms with Crippen molar-refractivity contribution < 1.29 is 14.4 Å². The molecule has 2 rings (SSSR count). The van der Waals surface area contributed by atoms with Gasteiger partial charge in [-0.25, -0.2) is 0 Å². The fraction of sp³-hybridized carbons (Fsp3) is 0.550. The van der Waals surface area contributed by atoms with Crippen LogP contribution in [0.5, 0.6) is 0 Å². The highest BCUT2D eigenvalue weighted by molar-refractivity contribution is 5.95. The van der Waals surface area contributed by atoms with Gasteiger partial charge in [-0.3, -0.25) is 14.4 Å². The number of rotatable bonds is 7. The Morgan fingerprint density at radius 1 is 1.12 bits per heavy atom. The summed E-state index contributed by atoms with van der Waals surface area (Å²) in [5, 5.41) is 5.50. The van der Waals surface area contributed by atoms with Crippen LogP contribution in [0.4, 0.5) is 0 Å². The van der Waals surface area contributed by atoms with Crippen molar-refractivity contribution in [2.75, 3.05) is 26.2 Å². The maximum absolute atomic E-state index is 12.1. The normalized spacial score (nSPS) is 16.8. The molecule has 0 radical (unpaired) electrons. The Hall–Kier alpha value is -2.37. The number of nitrogens with one attached hydrogen (secondary N) is 2. The van der Waals surface area contributed by atoms with E-state index in [1.165, 1.54) is 6.42 Å². The number of hydrogen-bond donors (Lipinski definition) is 2. The van der Waals surface area contributed by atoms with E-state index in [-0.39, 0.29) is 30.7 Å². The molecule has 6 nitrogen and oxygen atoms in total. The predicted molar refractivity (Wildman–Crippen MR) is 101 cm³/mol. The second-order valence-electron chi connectivity index (χ2n) is 7.01. The van der Waals surface area contributed by atoms with E-state index in [9.17, 15) is 14.4 Å². The van der Waals surface area contributed by atoms with Crippen molar-refractivity contribution in [1.29, 1.82) is 0 Å². The summed E-state index contributed by atoms with van der Waals surface area (Å²) in [5.74, 6) is 0.323. The van der Waals surface area contributed by atoms with E-state index in [0.29, 0.717) is 24.4 Å². The lowest BCUT2D eigenvalue weighted by Gasteiger charge is -2.31. The number of carbonyl (C=O) groups is 3. The number of carbonyl (C=O) groups excluding carboxylic acids is 3. The smallest absolute Gasteiger partial charge is 0.251 e. The van der Waals surface area contributed by atoms with Gasteiger partial charge in [-0.15, -0.1) is 0 Å². The van der Waals surface area contributed by atoms with E-state index >= 15 is 0 Å². The van der Waals surface area contributed by atoms with Gasteiger partial charge < -0.3 is 15.5 Å². The minimum absolute atomic E-state index is 0.102. The van der Waals surface area contributed by atoms with E-state index in [1.54, 1.807) is 6.07 Å². The molecule has 0 saturated carbocycles. The average molecular weight is 359 g/mol. The highest BCUT2D eigenvalue weighted by Crippen LogP contribution is 2.15. The molecule has 0 bridgehead atoms. The monoisotopic (exact) mass is 359 g/mol. The first kappa shape index (κ1) is 19.9. The fourth-order valence-corrected chi connectivity index (χ4v) is 3.18. The van der Waals surface area contributed by atoms with Gasteiger partial charge >= 0.3 is 0 Å². The second kappa shape index (κ2) is 9.94. The molecule has 142 valence electrons. The molecule has 1 unspecified atom stereocenters. The molecule has 1 aliphatic heterocycles. The number of aryl methyl sites for hydroxylation is 1. The molecule has 0 aliphatic carbocycles. The second-order valence-corrected chi connectivity index (χ2v) is 7.01. The van der Waals surface area contributed by atoms with Crippen LogP contribution in [0.1, 0.15) is 48.5 Å². The standard InChI is InChI=1S/C20H29N3O3/c1-15-6-5-13-23(14-15)19(25)10-12-21-18(24)9-11-22-20(26)17-8-4-3-7-16(17)2/h3-4,7-8,15H,5-6,9-14H2,1-2H3,(H,21,24)(H,22,26). The quantitative estimate of drug-likeness (QED) is 0.780. The Morgan fingerprint density at radius 2 is 1.85 bits per heavy atom. The zero-order valence-electron chi connectivity index (χ0n) is 15.7. The molecule has 6 heteroatoms. The lowest BCUT2D eigenvalue weighted by molar-refractivity contribution is -0.132. The van der Waals surface area contributed by atoms with E-state index in [0.717, 1.165) is 25.1 Å². The molecule has 1 fully saturated rings. The highest BCUT2D eigenvalue weighted by atomic mass is 16.2. The predicted octanol–water partition coefficient (Wildman–Crippen LogP) is 1.88. The maximum Gasteiger partial charge on any atom is 0.251 e. The van der Waals surface area contributed by atoms with Gasteiger partial charge in [0.05, 0.1) is 0 Å². The highest BCUT2D eigenvalue weighted by Gasteiger charge is 2.20. The molecule has 2 N–H and O–H groups in total. The first-order chi connectivity index (χ1) is 12.5. The van der Waals surface area contributed by atoms with Crippen LogP contribution in [0.25, 0.3) is 0 Å². The zero-order chi connectivity index (χ0) is 18.9. The van der Waals surface area contributed by atoms with Crippen LogP contribution in [-0.2, 0) is 9.59 Å². The van der Waals surface area contributed by atoms with E-state index in [2.05, 4.69) is 17.6 Å². The van der Waals surface area contributed by atoms with Gasteiger partial charge in [0.2, 0.25) is 11.8 Å². The molecule has 1 aromatic rings. The SMILES string of the molecule is Cc1ccccc1C(=O)NCCC(=O)NCCC(=O)N1CCCC(C)C1.